The van der Waals surface area contributed by atoms with E-state index in [0.717, 1.165) is 0 Å². The predicted molar refractivity (Wildman–Crippen MR) is 142 cm³/mol. The van der Waals surface area contributed by atoms with E-state index in [0.29, 0.717) is 44.0 Å². The maximum atomic E-state index is 13.8. The Kier molecular flexibility index (Phi) is 6.20. The number of H-pyrrole nitrogens is 1. The number of aromatic nitrogens is 2. The Morgan fingerprint density at radius 2 is 1.47 bits per heavy atom. The minimum absolute atomic E-state index is 0.00825. The molecule has 1 aliphatic heterocycles. The van der Waals surface area contributed by atoms with Gasteiger partial charge in [0.2, 0.25) is 0 Å². The SMILES string of the molecule is CC1=NN(c2ccc(Cl)cc2)C(=O)C1C(c1ccccc1O)c1c(C)[nH]n(-c2ccc(Cl)cc2)c1=O. The van der Waals surface area contributed by atoms with Crippen LogP contribution in [0.5, 0.6) is 5.75 Å². The first-order chi connectivity index (χ1) is 17.3. The van der Waals surface area contributed by atoms with Crippen LogP contribution in [0.2, 0.25) is 10.0 Å². The smallest absolute Gasteiger partial charge is 0.275 e. The number of amides is 1. The Balaban J connectivity index is 1.66. The molecule has 0 saturated carbocycles. The summed E-state index contributed by atoms with van der Waals surface area (Å²) in [5, 5.41) is 20.9. The molecular weight excluding hydrogens is 499 g/mol. The van der Waals surface area contributed by atoms with Crippen molar-refractivity contribution in [3.05, 3.63) is 110 Å². The second-order valence-corrected chi connectivity index (χ2v) is 9.52. The largest absolute Gasteiger partial charge is 0.508 e. The van der Waals surface area contributed by atoms with Crippen molar-refractivity contribution in [1.82, 2.24) is 9.78 Å². The summed E-state index contributed by atoms with van der Waals surface area (Å²) in [6, 6.07) is 20.4. The van der Waals surface area contributed by atoms with E-state index in [2.05, 4.69) is 10.2 Å². The number of anilines is 1. The van der Waals surface area contributed by atoms with Gasteiger partial charge < -0.3 is 5.11 Å². The molecule has 7 nitrogen and oxygen atoms in total. The maximum Gasteiger partial charge on any atom is 0.275 e. The second kappa shape index (κ2) is 9.33. The highest BCUT2D eigenvalue weighted by molar-refractivity contribution is 6.31. The molecule has 5 rings (SSSR count). The maximum absolute atomic E-state index is 13.8. The van der Waals surface area contributed by atoms with Crippen molar-refractivity contribution >= 4 is 40.5 Å². The van der Waals surface area contributed by atoms with Crippen molar-refractivity contribution in [3.63, 3.8) is 0 Å². The summed E-state index contributed by atoms with van der Waals surface area (Å²) in [5.74, 6) is -1.90. The van der Waals surface area contributed by atoms with Gasteiger partial charge in [-0.2, -0.15) is 5.10 Å². The summed E-state index contributed by atoms with van der Waals surface area (Å²) in [6.45, 7) is 3.53. The number of para-hydroxylation sites is 1. The zero-order chi connectivity index (χ0) is 25.6. The minimum Gasteiger partial charge on any atom is -0.508 e. The lowest BCUT2D eigenvalue weighted by Gasteiger charge is -2.24. The number of benzene rings is 3. The van der Waals surface area contributed by atoms with Crippen LogP contribution in [-0.4, -0.2) is 26.5 Å². The zero-order valence-corrected chi connectivity index (χ0v) is 21.0. The summed E-state index contributed by atoms with van der Waals surface area (Å²) in [6.07, 6.45) is 0. The van der Waals surface area contributed by atoms with Crippen molar-refractivity contribution < 1.29 is 9.90 Å². The van der Waals surface area contributed by atoms with E-state index in [1.165, 1.54) is 9.69 Å². The number of nitrogens with one attached hydrogen (secondary N) is 1. The number of phenolic OH excluding ortho intramolecular Hbond substituents is 1. The van der Waals surface area contributed by atoms with E-state index in [1.807, 2.05) is 0 Å². The lowest BCUT2D eigenvalue weighted by Crippen LogP contribution is -2.34. The first-order valence-electron chi connectivity index (χ1n) is 11.3. The number of rotatable bonds is 5. The molecule has 36 heavy (non-hydrogen) atoms. The zero-order valence-electron chi connectivity index (χ0n) is 19.4. The lowest BCUT2D eigenvalue weighted by atomic mass is 9.78. The highest BCUT2D eigenvalue weighted by Crippen LogP contribution is 2.41. The van der Waals surface area contributed by atoms with Gasteiger partial charge in [-0.1, -0.05) is 41.4 Å². The van der Waals surface area contributed by atoms with E-state index >= 15 is 0 Å². The number of hydrogen-bond donors (Lipinski definition) is 2. The fourth-order valence-electron chi connectivity index (χ4n) is 4.68. The molecule has 1 aromatic heterocycles. The van der Waals surface area contributed by atoms with Gasteiger partial charge in [0.1, 0.15) is 5.75 Å². The lowest BCUT2D eigenvalue weighted by molar-refractivity contribution is -0.120. The monoisotopic (exact) mass is 520 g/mol. The number of carbonyl (C=O) groups is 1. The Hall–Kier alpha value is -3.81. The highest BCUT2D eigenvalue weighted by atomic mass is 35.5. The molecule has 0 bridgehead atoms. The molecule has 2 atom stereocenters. The van der Waals surface area contributed by atoms with Gasteiger partial charge in [-0.05, 0) is 68.4 Å². The molecule has 2 unspecified atom stereocenters. The molecule has 0 spiro atoms. The summed E-state index contributed by atoms with van der Waals surface area (Å²) >= 11 is 12.0. The molecule has 2 N–H and O–H groups in total. The third kappa shape index (κ3) is 4.10. The predicted octanol–water partition coefficient (Wildman–Crippen LogP) is 5.66. The van der Waals surface area contributed by atoms with Crippen LogP contribution in [0.25, 0.3) is 5.69 Å². The van der Waals surface area contributed by atoms with Crippen LogP contribution in [0.3, 0.4) is 0 Å². The van der Waals surface area contributed by atoms with E-state index in [4.69, 9.17) is 23.2 Å². The first kappa shape index (κ1) is 23.9. The van der Waals surface area contributed by atoms with E-state index in [1.54, 1.807) is 86.6 Å². The van der Waals surface area contributed by atoms with Gasteiger partial charge >= 0.3 is 0 Å². The summed E-state index contributed by atoms with van der Waals surface area (Å²) in [4.78, 5) is 27.6. The number of halogens is 2. The van der Waals surface area contributed by atoms with E-state index < -0.39 is 11.8 Å². The number of hydrazone groups is 1. The second-order valence-electron chi connectivity index (χ2n) is 8.65. The molecule has 182 valence electrons. The minimum atomic E-state index is -0.810. The fraction of sp³-hybridized carbons (Fsp3) is 0.148. The molecule has 0 radical (unpaired) electrons. The molecule has 4 aromatic rings. The molecular formula is C27H22Cl2N4O3. The number of phenols is 1. The standard InChI is InChI=1S/C27H22Cl2N4O3/c1-15-23(26(35)32(30-15)19-11-7-17(28)8-12-19)25(21-5-3-4-6-22(21)34)24-16(2)31-33(27(24)36)20-13-9-18(29)10-14-20/h3-14,23,25,31,34H,1-2H3. The van der Waals surface area contributed by atoms with Crippen LogP contribution in [0.4, 0.5) is 5.69 Å². The number of carbonyl (C=O) groups excluding carboxylic acids is 1. The van der Waals surface area contributed by atoms with Gasteiger partial charge in [0.25, 0.3) is 11.5 Å². The average Bonchev–Trinajstić information content (AvgIpc) is 3.32. The average molecular weight is 521 g/mol. The van der Waals surface area contributed by atoms with Gasteiger partial charge in [-0.3, -0.25) is 14.7 Å². The summed E-state index contributed by atoms with van der Waals surface area (Å²) in [7, 11) is 0. The van der Waals surface area contributed by atoms with Gasteiger partial charge in [0.15, 0.2) is 0 Å². The third-order valence-electron chi connectivity index (χ3n) is 6.37. The quantitative estimate of drug-likeness (QED) is 0.355. The van der Waals surface area contributed by atoms with Crippen LogP contribution < -0.4 is 10.6 Å². The van der Waals surface area contributed by atoms with Gasteiger partial charge in [0.05, 0.1) is 17.3 Å². The molecule has 0 aliphatic carbocycles. The normalized spacial score (nSPS) is 16.3. The molecule has 0 fully saturated rings. The van der Waals surface area contributed by atoms with Crippen molar-refractivity contribution in [2.24, 2.45) is 11.0 Å². The van der Waals surface area contributed by atoms with Crippen LogP contribution in [0.15, 0.2) is 82.7 Å². The number of nitrogens with zero attached hydrogens (tertiary/aromatic N) is 3. The van der Waals surface area contributed by atoms with Gasteiger partial charge in [-0.15, -0.1) is 0 Å². The van der Waals surface area contributed by atoms with Crippen LogP contribution in [-0.2, 0) is 4.79 Å². The molecule has 2 heterocycles. The number of hydrogen-bond acceptors (Lipinski definition) is 4. The van der Waals surface area contributed by atoms with Crippen LogP contribution in [0, 0.1) is 12.8 Å². The fourth-order valence-corrected chi connectivity index (χ4v) is 4.93. The Labute approximate surface area is 217 Å². The number of aryl methyl sites for hydroxylation is 1. The molecule has 0 saturated heterocycles. The Morgan fingerprint density at radius 3 is 2.08 bits per heavy atom. The van der Waals surface area contributed by atoms with Crippen molar-refractivity contribution in [1.29, 1.82) is 0 Å². The van der Waals surface area contributed by atoms with Crippen LogP contribution >= 0.6 is 23.2 Å². The van der Waals surface area contributed by atoms with E-state index in [-0.39, 0.29) is 17.2 Å². The van der Waals surface area contributed by atoms with Crippen molar-refractivity contribution in [2.75, 3.05) is 5.01 Å². The number of aromatic amines is 1. The highest BCUT2D eigenvalue weighted by Gasteiger charge is 2.44. The van der Waals surface area contributed by atoms with Crippen molar-refractivity contribution in [2.45, 2.75) is 19.8 Å². The number of aromatic hydroxyl groups is 1. The van der Waals surface area contributed by atoms with Crippen LogP contribution in [0.1, 0.15) is 29.7 Å². The first-order valence-corrected chi connectivity index (χ1v) is 12.0. The molecule has 1 amide bonds. The van der Waals surface area contributed by atoms with E-state index in [9.17, 15) is 14.7 Å². The molecule has 1 aliphatic rings. The van der Waals surface area contributed by atoms with Gasteiger partial charge in [-0.25, -0.2) is 9.69 Å². The third-order valence-corrected chi connectivity index (χ3v) is 6.88. The van der Waals surface area contributed by atoms with Crippen molar-refractivity contribution in [3.8, 4) is 11.4 Å². The molecule has 3 aromatic carbocycles. The summed E-state index contributed by atoms with van der Waals surface area (Å²) in [5.41, 5.74) is 2.78. The van der Waals surface area contributed by atoms with Gasteiger partial charge in [0, 0.05) is 38.5 Å². The topological polar surface area (TPSA) is 90.7 Å². The Bertz CT molecular complexity index is 1540. The Morgan fingerprint density at radius 1 is 0.889 bits per heavy atom. The molecule has 9 heteroatoms. The summed E-state index contributed by atoms with van der Waals surface area (Å²) < 4.78 is 1.41.